The van der Waals surface area contributed by atoms with Crippen LogP contribution in [0.4, 0.5) is 11.4 Å². The summed E-state index contributed by atoms with van der Waals surface area (Å²) < 4.78 is 5.82. The molecule has 3 aromatic carbocycles. The lowest BCUT2D eigenvalue weighted by Gasteiger charge is -2.15. The molecule has 0 fully saturated rings. The predicted octanol–water partition coefficient (Wildman–Crippen LogP) is 4.80. The second kappa shape index (κ2) is 6.87. The number of imide groups is 1. The number of aryl methyl sites for hydroxylation is 2. The number of rotatable bonds is 4. The van der Waals surface area contributed by atoms with Gasteiger partial charge in [-0.2, -0.15) is 0 Å². The number of carbonyl (C=O) groups excluding carboxylic acids is 2. The van der Waals surface area contributed by atoms with Crippen LogP contribution in [0.1, 0.15) is 31.8 Å². The summed E-state index contributed by atoms with van der Waals surface area (Å²) in [5.74, 6) is -0.376. The molecule has 1 heterocycles. The lowest BCUT2D eigenvalue weighted by molar-refractivity contribution is -0.384. The fourth-order valence-electron chi connectivity index (χ4n) is 3.41. The SMILES string of the molecule is Cc1cc(C)cc(Oc2cc(N3C(=O)c4ccccc4C3=O)cc([N+](=O)[O-])c2)c1. The van der Waals surface area contributed by atoms with Crippen LogP contribution in [0.2, 0.25) is 0 Å². The third-order valence-corrected chi connectivity index (χ3v) is 4.57. The molecule has 0 bridgehead atoms. The van der Waals surface area contributed by atoms with E-state index in [4.69, 9.17) is 4.74 Å². The normalized spacial score (nSPS) is 12.8. The summed E-state index contributed by atoms with van der Waals surface area (Å²) in [7, 11) is 0. The molecule has 1 aliphatic heterocycles. The van der Waals surface area contributed by atoms with E-state index in [0.29, 0.717) is 5.75 Å². The maximum absolute atomic E-state index is 12.7. The van der Waals surface area contributed by atoms with E-state index in [9.17, 15) is 19.7 Å². The Kier molecular flexibility index (Phi) is 4.35. The number of benzene rings is 3. The number of non-ortho nitro benzene ring substituents is 1. The van der Waals surface area contributed by atoms with E-state index in [1.165, 1.54) is 18.2 Å². The average molecular weight is 388 g/mol. The summed E-state index contributed by atoms with van der Waals surface area (Å²) in [6, 6.07) is 15.9. The van der Waals surface area contributed by atoms with Crippen LogP contribution < -0.4 is 9.64 Å². The summed E-state index contributed by atoms with van der Waals surface area (Å²) in [6.07, 6.45) is 0. The molecule has 0 aliphatic carbocycles. The molecule has 0 radical (unpaired) electrons. The van der Waals surface area contributed by atoms with E-state index in [2.05, 4.69) is 0 Å². The van der Waals surface area contributed by atoms with Gasteiger partial charge in [0.1, 0.15) is 11.5 Å². The van der Waals surface area contributed by atoms with Crippen molar-refractivity contribution in [3.8, 4) is 11.5 Å². The molecule has 0 spiro atoms. The maximum atomic E-state index is 12.7. The number of amides is 2. The van der Waals surface area contributed by atoms with Crippen molar-refractivity contribution in [2.24, 2.45) is 0 Å². The summed E-state index contributed by atoms with van der Waals surface area (Å²) in [5.41, 5.74) is 2.29. The Morgan fingerprint density at radius 1 is 0.828 bits per heavy atom. The van der Waals surface area contributed by atoms with Crippen LogP contribution >= 0.6 is 0 Å². The van der Waals surface area contributed by atoms with Crippen molar-refractivity contribution >= 4 is 23.2 Å². The number of ether oxygens (including phenoxy) is 1. The van der Waals surface area contributed by atoms with Gasteiger partial charge in [0.2, 0.25) is 0 Å². The van der Waals surface area contributed by atoms with Crippen LogP contribution in [0.5, 0.6) is 11.5 Å². The highest BCUT2D eigenvalue weighted by Crippen LogP contribution is 2.35. The first-order valence-electron chi connectivity index (χ1n) is 8.87. The number of nitrogens with zero attached hydrogens (tertiary/aromatic N) is 2. The van der Waals surface area contributed by atoms with E-state index in [-0.39, 0.29) is 28.3 Å². The molecule has 144 valence electrons. The minimum Gasteiger partial charge on any atom is -0.457 e. The van der Waals surface area contributed by atoms with Crippen LogP contribution in [0, 0.1) is 24.0 Å². The molecule has 0 unspecified atom stereocenters. The molecule has 2 amide bonds. The van der Waals surface area contributed by atoms with Gasteiger partial charge >= 0.3 is 0 Å². The van der Waals surface area contributed by atoms with Gasteiger partial charge in [-0.1, -0.05) is 18.2 Å². The Hall–Kier alpha value is -4.00. The molecule has 0 saturated carbocycles. The number of nitro groups is 1. The zero-order valence-electron chi connectivity index (χ0n) is 15.7. The highest BCUT2D eigenvalue weighted by molar-refractivity contribution is 6.34. The van der Waals surface area contributed by atoms with E-state index >= 15 is 0 Å². The van der Waals surface area contributed by atoms with Crippen molar-refractivity contribution in [2.45, 2.75) is 13.8 Å². The van der Waals surface area contributed by atoms with Crippen molar-refractivity contribution in [3.05, 3.63) is 93.0 Å². The van der Waals surface area contributed by atoms with Gasteiger partial charge in [-0.3, -0.25) is 19.7 Å². The zero-order chi connectivity index (χ0) is 20.7. The molecule has 4 rings (SSSR count). The van der Waals surface area contributed by atoms with E-state index in [1.807, 2.05) is 19.9 Å². The van der Waals surface area contributed by atoms with Crippen LogP contribution in [-0.2, 0) is 0 Å². The van der Waals surface area contributed by atoms with Crippen molar-refractivity contribution in [1.82, 2.24) is 0 Å². The van der Waals surface area contributed by atoms with Gasteiger partial charge in [0.25, 0.3) is 17.5 Å². The van der Waals surface area contributed by atoms with Gasteiger partial charge in [-0.15, -0.1) is 0 Å². The first-order chi connectivity index (χ1) is 13.8. The third kappa shape index (κ3) is 3.34. The van der Waals surface area contributed by atoms with Crippen molar-refractivity contribution in [1.29, 1.82) is 0 Å². The Morgan fingerprint density at radius 3 is 1.93 bits per heavy atom. The monoisotopic (exact) mass is 388 g/mol. The lowest BCUT2D eigenvalue weighted by atomic mass is 10.1. The van der Waals surface area contributed by atoms with Crippen LogP contribution in [0.15, 0.2) is 60.7 Å². The highest BCUT2D eigenvalue weighted by Gasteiger charge is 2.37. The minimum absolute atomic E-state index is 0.0878. The molecule has 0 N–H and O–H groups in total. The molecule has 1 aliphatic rings. The highest BCUT2D eigenvalue weighted by atomic mass is 16.6. The van der Waals surface area contributed by atoms with E-state index in [0.717, 1.165) is 16.0 Å². The number of hydrogen-bond acceptors (Lipinski definition) is 5. The van der Waals surface area contributed by atoms with Crippen LogP contribution in [0.3, 0.4) is 0 Å². The quantitative estimate of drug-likeness (QED) is 0.364. The summed E-state index contributed by atoms with van der Waals surface area (Å²) in [4.78, 5) is 37.3. The van der Waals surface area contributed by atoms with Gasteiger partial charge in [-0.25, -0.2) is 4.90 Å². The molecule has 0 aromatic heterocycles. The third-order valence-electron chi connectivity index (χ3n) is 4.57. The number of nitro benzene ring substituents is 1. The smallest absolute Gasteiger partial charge is 0.275 e. The molecule has 29 heavy (non-hydrogen) atoms. The van der Waals surface area contributed by atoms with Crippen LogP contribution in [-0.4, -0.2) is 16.7 Å². The van der Waals surface area contributed by atoms with Crippen molar-refractivity contribution < 1.29 is 19.2 Å². The Balaban J connectivity index is 1.78. The molecule has 3 aromatic rings. The first-order valence-corrected chi connectivity index (χ1v) is 8.87. The van der Waals surface area contributed by atoms with Crippen LogP contribution in [0.25, 0.3) is 0 Å². The molecule has 0 saturated heterocycles. The molecular weight excluding hydrogens is 372 g/mol. The number of anilines is 1. The Bertz CT molecular complexity index is 1130. The van der Waals surface area contributed by atoms with Gasteiger partial charge in [-0.05, 0) is 49.2 Å². The fourth-order valence-corrected chi connectivity index (χ4v) is 3.41. The van der Waals surface area contributed by atoms with Gasteiger partial charge in [0.05, 0.1) is 27.8 Å². The topological polar surface area (TPSA) is 89.8 Å². The Labute approximate surface area is 166 Å². The van der Waals surface area contributed by atoms with Gasteiger partial charge in [0.15, 0.2) is 0 Å². The minimum atomic E-state index is -0.587. The second-order valence-corrected chi connectivity index (χ2v) is 6.86. The number of carbonyl (C=O) groups is 2. The largest absolute Gasteiger partial charge is 0.457 e. The molecule has 0 atom stereocenters. The van der Waals surface area contributed by atoms with Crippen molar-refractivity contribution in [3.63, 3.8) is 0 Å². The maximum Gasteiger partial charge on any atom is 0.275 e. The summed E-state index contributed by atoms with van der Waals surface area (Å²) >= 11 is 0. The molecular formula is C22H16N2O5. The standard InChI is InChI=1S/C22H16N2O5/c1-13-7-14(2)9-17(8-13)29-18-11-15(10-16(12-18)24(27)28)23-21(25)19-5-3-4-6-20(19)22(23)26/h3-12H,1-2H3. The summed E-state index contributed by atoms with van der Waals surface area (Å²) in [6.45, 7) is 3.83. The van der Waals surface area contributed by atoms with E-state index < -0.39 is 16.7 Å². The number of fused-ring (bicyclic) bond motifs is 1. The zero-order valence-corrected chi connectivity index (χ0v) is 15.7. The average Bonchev–Trinajstić information content (AvgIpc) is 2.91. The lowest BCUT2D eigenvalue weighted by Crippen LogP contribution is -2.29. The molecule has 7 heteroatoms. The summed E-state index contributed by atoms with van der Waals surface area (Å²) in [5, 5.41) is 11.4. The predicted molar refractivity (Wildman–Crippen MR) is 107 cm³/mol. The molecule has 7 nitrogen and oxygen atoms in total. The van der Waals surface area contributed by atoms with Gasteiger partial charge < -0.3 is 4.74 Å². The van der Waals surface area contributed by atoms with Crippen molar-refractivity contribution in [2.75, 3.05) is 4.90 Å². The Morgan fingerprint density at radius 2 is 1.38 bits per heavy atom. The van der Waals surface area contributed by atoms with Gasteiger partial charge in [0, 0.05) is 12.1 Å². The second-order valence-electron chi connectivity index (χ2n) is 6.86. The van der Waals surface area contributed by atoms with E-state index in [1.54, 1.807) is 36.4 Å². The fraction of sp³-hybridized carbons (Fsp3) is 0.0909. The number of hydrogen-bond donors (Lipinski definition) is 0. The first kappa shape index (κ1) is 18.4.